The molecule has 1 saturated heterocycles. The summed E-state index contributed by atoms with van der Waals surface area (Å²) >= 11 is 0. The number of hydrogen-bond acceptors (Lipinski definition) is 13. The van der Waals surface area contributed by atoms with Gasteiger partial charge in [0.2, 0.25) is 15.5 Å². The Morgan fingerprint density at radius 3 is 2.43 bits per heavy atom. The standard InChI is InChI=1S/C9H16N3O13P3/c1-4-3-12(9(15)10-7(4)14)6-2-5(13)8(23-6)24-26(16,17)11-27(18,19)25-28(20,21)22/h3,5-6,8,13H,2H2,1H3,(H,10,14,15)(H2,20,21,22)(H3,11,16,17,18,19)/p-4/t5-,6-,8-/m1/s1. The van der Waals surface area contributed by atoms with Crippen LogP contribution < -0.4 is 35.7 Å². The second kappa shape index (κ2) is 8.03. The number of aryl methyl sites for hydroxylation is 1. The maximum atomic E-state index is 11.8. The van der Waals surface area contributed by atoms with Crippen LogP contribution in [0.3, 0.4) is 0 Å². The van der Waals surface area contributed by atoms with Crippen LogP contribution in [-0.2, 0) is 27.3 Å². The highest BCUT2D eigenvalue weighted by Crippen LogP contribution is 2.54. The van der Waals surface area contributed by atoms with Gasteiger partial charge in [-0.25, -0.2) is 4.79 Å². The highest BCUT2D eigenvalue weighted by Gasteiger charge is 2.39. The van der Waals surface area contributed by atoms with E-state index in [1.807, 2.05) is 4.98 Å². The van der Waals surface area contributed by atoms with Crippen LogP contribution in [0.5, 0.6) is 0 Å². The summed E-state index contributed by atoms with van der Waals surface area (Å²) < 4.78 is 46.4. The van der Waals surface area contributed by atoms with Gasteiger partial charge in [-0.15, -0.1) is 0 Å². The van der Waals surface area contributed by atoms with E-state index in [0.29, 0.717) is 4.86 Å². The van der Waals surface area contributed by atoms with Gasteiger partial charge in [-0.3, -0.25) is 32.3 Å². The van der Waals surface area contributed by atoms with Crippen molar-refractivity contribution < 1.29 is 51.9 Å². The topological polar surface area (TPSA) is 258 Å². The van der Waals surface area contributed by atoms with E-state index in [1.165, 1.54) is 6.92 Å². The Bertz CT molecular complexity index is 997. The average molecular weight is 463 g/mol. The first-order valence-corrected chi connectivity index (χ1v) is 11.6. The van der Waals surface area contributed by atoms with Gasteiger partial charge in [-0.1, -0.05) is 0 Å². The first kappa shape index (κ1) is 23.3. The molecule has 160 valence electrons. The van der Waals surface area contributed by atoms with Gasteiger partial charge in [0.05, 0.1) is 7.82 Å². The number of aliphatic hydroxyl groups is 1. The van der Waals surface area contributed by atoms with Crippen LogP contribution >= 0.6 is 23.3 Å². The van der Waals surface area contributed by atoms with Gasteiger partial charge in [-0.05, 0) is 6.92 Å². The molecule has 0 bridgehead atoms. The van der Waals surface area contributed by atoms with Crippen molar-refractivity contribution in [2.75, 3.05) is 0 Å². The van der Waals surface area contributed by atoms with Crippen molar-refractivity contribution in [3.63, 3.8) is 0 Å². The molecule has 0 amide bonds. The van der Waals surface area contributed by atoms with Crippen molar-refractivity contribution in [3.8, 4) is 0 Å². The molecule has 2 unspecified atom stereocenters. The molecule has 3 N–H and O–H groups in total. The number of nitrogens with zero attached hydrogens (tertiary/aromatic N) is 1. The number of hydrogen-bond donors (Lipinski definition) is 3. The van der Waals surface area contributed by atoms with Crippen LogP contribution in [0.1, 0.15) is 18.2 Å². The molecule has 0 saturated carbocycles. The summed E-state index contributed by atoms with van der Waals surface area (Å²) in [4.78, 5) is 69.3. The van der Waals surface area contributed by atoms with E-state index >= 15 is 0 Å². The predicted molar refractivity (Wildman–Crippen MR) is 78.7 cm³/mol. The lowest BCUT2D eigenvalue weighted by Gasteiger charge is -2.39. The van der Waals surface area contributed by atoms with Crippen LogP contribution in [-0.4, -0.2) is 27.1 Å². The molecule has 0 aromatic carbocycles. The third-order valence-electron chi connectivity index (χ3n) is 3.20. The van der Waals surface area contributed by atoms with Gasteiger partial charge in [0.25, 0.3) is 5.56 Å². The molecule has 19 heteroatoms. The quantitative estimate of drug-likeness (QED) is 0.324. The summed E-state index contributed by atoms with van der Waals surface area (Å²) in [7, 11) is -17.7. The summed E-state index contributed by atoms with van der Waals surface area (Å²) in [6.45, 7) is 1.36. The molecule has 1 aliphatic heterocycles. The molecule has 5 atom stereocenters. The molecular weight excluding hydrogens is 451 g/mol. The Hall–Kier alpha value is -0.990. The second-order valence-corrected chi connectivity index (χ2v) is 10.0. The molecule has 16 nitrogen and oxygen atoms in total. The zero-order valence-corrected chi connectivity index (χ0v) is 16.3. The first-order chi connectivity index (χ1) is 12.6. The summed E-state index contributed by atoms with van der Waals surface area (Å²) in [6.07, 6.45) is -4.29. The zero-order chi connectivity index (χ0) is 21.5. The minimum Gasteiger partial charge on any atom is -0.790 e. The van der Waals surface area contributed by atoms with Gasteiger partial charge in [0.1, 0.15) is 12.3 Å². The highest BCUT2D eigenvalue weighted by atomic mass is 31.3. The minimum atomic E-state index is -6.09. The monoisotopic (exact) mass is 463 g/mol. The Kier molecular flexibility index (Phi) is 6.68. The zero-order valence-electron chi connectivity index (χ0n) is 13.7. The highest BCUT2D eigenvalue weighted by molar-refractivity contribution is 7.69. The lowest BCUT2D eigenvalue weighted by Crippen LogP contribution is -2.34. The van der Waals surface area contributed by atoms with E-state index in [2.05, 4.69) is 8.83 Å². The van der Waals surface area contributed by atoms with Gasteiger partial charge < -0.3 is 34.0 Å². The molecule has 1 fully saturated rings. The third-order valence-corrected chi connectivity index (χ3v) is 7.30. The van der Waals surface area contributed by atoms with E-state index in [0.717, 1.165) is 10.8 Å². The van der Waals surface area contributed by atoms with E-state index < -0.39 is 59.6 Å². The van der Waals surface area contributed by atoms with Crippen molar-refractivity contribution in [2.45, 2.75) is 32.0 Å². The summed E-state index contributed by atoms with van der Waals surface area (Å²) in [5.41, 5.74) is -1.51. The molecule has 28 heavy (non-hydrogen) atoms. The molecular formula is C9H12N3O13P3-4. The predicted octanol–water partition coefficient (Wildman–Crippen LogP) is -4.16. The SMILES string of the molecule is Cc1cn([C@H]2C[C@@H](O)[C@@H](OP(=O)([O-])NP(=O)([O-])OP(=O)([O-])[O-])O2)c(=O)[nH]c1=O. The van der Waals surface area contributed by atoms with Crippen LogP contribution in [0.2, 0.25) is 0 Å². The average Bonchev–Trinajstić information content (AvgIpc) is 2.78. The number of aromatic nitrogens is 2. The number of H-pyrrole nitrogens is 1. The third kappa shape index (κ3) is 6.26. The maximum absolute atomic E-state index is 11.8. The maximum Gasteiger partial charge on any atom is 0.330 e. The Morgan fingerprint density at radius 1 is 1.25 bits per heavy atom. The largest absolute Gasteiger partial charge is 0.790 e. The number of aromatic amines is 1. The van der Waals surface area contributed by atoms with Crippen LogP contribution in [0, 0.1) is 6.92 Å². The number of rotatable bonds is 7. The summed E-state index contributed by atoms with van der Waals surface area (Å²) in [5, 5.41) is 9.84. The molecule has 1 aromatic heterocycles. The van der Waals surface area contributed by atoms with E-state index in [1.54, 1.807) is 0 Å². The number of ether oxygens (including phenoxy) is 1. The Balaban J connectivity index is 2.13. The van der Waals surface area contributed by atoms with Crippen molar-refractivity contribution in [3.05, 3.63) is 32.6 Å². The molecule has 0 spiro atoms. The lowest BCUT2D eigenvalue weighted by atomic mass is 10.2. The number of nitrogens with one attached hydrogen (secondary N) is 2. The van der Waals surface area contributed by atoms with Crippen molar-refractivity contribution in [1.82, 2.24) is 14.4 Å². The first-order valence-electron chi connectivity index (χ1n) is 7.08. The fraction of sp³-hybridized carbons (Fsp3) is 0.556. The molecule has 2 rings (SSSR count). The molecule has 2 heterocycles. The van der Waals surface area contributed by atoms with Crippen molar-refractivity contribution in [2.24, 2.45) is 0 Å². The Morgan fingerprint density at radius 2 is 1.86 bits per heavy atom. The Labute approximate surface area is 155 Å². The number of phosphoric acid groups is 1. The van der Waals surface area contributed by atoms with Crippen LogP contribution in [0.25, 0.3) is 0 Å². The fourth-order valence-corrected chi connectivity index (χ4v) is 5.53. The van der Waals surface area contributed by atoms with E-state index in [4.69, 9.17) is 4.74 Å². The minimum absolute atomic E-state index is 0.0994. The molecule has 0 aliphatic carbocycles. The van der Waals surface area contributed by atoms with Crippen molar-refractivity contribution >= 4 is 23.3 Å². The second-order valence-electron chi connectivity index (χ2n) is 5.47. The molecule has 0 radical (unpaired) electrons. The smallest absolute Gasteiger partial charge is 0.330 e. The van der Waals surface area contributed by atoms with Crippen molar-refractivity contribution in [1.29, 1.82) is 0 Å². The number of aliphatic hydroxyl groups excluding tert-OH is 1. The summed E-state index contributed by atoms with van der Waals surface area (Å²) in [6, 6.07) is 0. The van der Waals surface area contributed by atoms with Crippen LogP contribution in [0.4, 0.5) is 0 Å². The fourth-order valence-electron chi connectivity index (χ4n) is 2.15. The van der Waals surface area contributed by atoms with E-state index in [9.17, 15) is 48.0 Å². The van der Waals surface area contributed by atoms with Crippen LogP contribution in [0.15, 0.2) is 15.8 Å². The van der Waals surface area contributed by atoms with Gasteiger partial charge >= 0.3 is 5.69 Å². The summed E-state index contributed by atoms with van der Waals surface area (Å²) in [5.74, 6) is 0. The molecule has 1 aliphatic rings. The molecule has 1 aromatic rings. The normalized spacial score (nSPS) is 27.3. The van der Waals surface area contributed by atoms with E-state index in [-0.39, 0.29) is 5.56 Å². The van der Waals surface area contributed by atoms with Gasteiger partial charge in [-0.2, -0.15) is 4.86 Å². The van der Waals surface area contributed by atoms with Gasteiger partial charge in [0, 0.05) is 18.2 Å². The lowest BCUT2D eigenvalue weighted by molar-refractivity contribution is -0.337. The van der Waals surface area contributed by atoms with Gasteiger partial charge in [0.15, 0.2) is 6.29 Å².